The molecule has 0 N–H and O–H groups in total. The largest absolute Gasteiger partial charge is 0.466 e. The van der Waals surface area contributed by atoms with Crippen LogP contribution in [0.4, 0.5) is 0 Å². The van der Waals surface area contributed by atoms with E-state index in [1.165, 1.54) is 25.7 Å². The molecule has 124 valence electrons. The molecule has 5 nitrogen and oxygen atoms in total. The lowest BCUT2D eigenvalue weighted by Crippen LogP contribution is -2.45. The molecule has 0 aromatic carbocycles. The highest BCUT2D eigenvalue weighted by atomic mass is 16.5. The van der Waals surface area contributed by atoms with Crippen molar-refractivity contribution in [2.45, 2.75) is 52.0 Å². The fourth-order valence-electron chi connectivity index (χ4n) is 3.55. The van der Waals surface area contributed by atoms with Gasteiger partial charge in [-0.1, -0.05) is 6.07 Å². The predicted molar refractivity (Wildman–Crippen MR) is 89.2 cm³/mol. The van der Waals surface area contributed by atoms with Crippen molar-refractivity contribution in [1.29, 1.82) is 0 Å². The third-order valence-electron chi connectivity index (χ3n) is 4.73. The van der Waals surface area contributed by atoms with Crippen LogP contribution in [0.15, 0.2) is 23.3 Å². The number of piperidine rings is 2. The maximum absolute atomic E-state index is 12.0. The van der Waals surface area contributed by atoms with Gasteiger partial charge in [-0.25, -0.2) is 0 Å². The first-order valence-electron chi connectivity index (χ1n) is 8.59. The summed E-state index contributed by atoms with van der Waals surface area (Å²) in [5, 5.41) is 7.03. The van der Waals surface area contributed by atoms with Gasteiger partial charge in [0.05, 0.1) is 24.4 Å². The van der Waals surface area contributed by atoms with Gasteiger partial charge in [0.25, 0.3) is 0 Å². The molecule has 2 bridgehead atoms. The number of ether oxygens (including phenoxy) is 1. The number of aromatic nitrogens is 1. The van der Waals surface area contributed by atoms with Crippen LogP contribution in [0.3, 0.4) is 0 Å². The third-order valence-corrected chi connectivity index (χ3v) is 4.73. The zero-order valence-electron chi connectivity index (χ0n) is 14.0. The summed E-state index contributed by atoms with van der Waals surface area (Å²) in [5.41, 5.74) is 2.43. The average Bonchev–Trinajstić information content (AvgIpc) is 2.55. The lowest BCUT2D eigenvalue weighted by molar-refractivity contribution is -0.141. The number of fused-ring (bicyclic) bond motifs is 3. The number of hydrogen-bond donors (Lipinski definition) is 0. The van der Waals surface area contributed by atoms with Crippen LogP contribution in [0.5, 0.6) is 0 Å². The maximum atomic E-state index is 12.0. The van der Waals surface area contributed by atoms with Gasteiger partial charge in [0.1, 0.15) is 0 Å². The van der Waals surface area contributed by atoms with E-state index in [1.807, 2.05) is 32.0 Å². The second-order valence-electron chi connectivity index (χ2n) is 6.49. The monoisotopic (exact) mass is 315 g/mol. The Morgan fingerprint density at radius 3 is 2.74 bits per heavy atom. The number of hydrazone groups is 1. The molecule has 1 aliphatic carbocycles. The molecule has 23 heavy (non-hydrogen) atoms. The third kappa shape index (κ3) is 3.89. The number of pyridine rings is 1. The first-order chi connectivity index (χ1) is 11.2. The van der Waals surface area contributed by atoms with Crippen molar-refractivity contribution in [3.05, 3.63) is 29.6 Å². The van der Waals surface area contributed by atoms with E-state index in [9.17, 15) is 4.79 Å². The van der Waals surface area contributed by atoms with Crippen LogP contribution in [-0.2, 0) is 9.53 Å². The van der Waals surface area contributed by atoms with E-state index in [4.69, 9.17) is 9.84 Å². The second-order valence-corrected chi connectivity index (χ2v) is 6.49. The molecule has 2 aliphatic heterocycles. The van der Waals surface area contributed by atoms with Crippen molar-refractivity contribution in [1.82, 2.24) is 9.99 Å². The molecule has 0 amide bonds. The van der Waals surface area contributed by atoms with Gasteiger partial charge in [-0.05, 0) is 57.6 Å². The molecule has 0 radical (unpaired) electrons. The van der Waals surface area contributed by atoms with Crippen LogP contribution >= 0.6 is 0 Å². The summed E-state index contributed by atoms with van der Waals surface area (Å²) in [6.45, 7) is 5.17. The zero-order valence-corrected chi connectivity index (χ0v) is 14.0. The van der Waals surface area contributed by atoms with Crippen molar-refractivity contribution in [3.8, 4) is 0 Å². The molecular formula is C18H25N3O2. The van der Waals surface area contributed by atoms with E-state index in [0.717, 1.165) is 29.6 Å². The van der Waals surface area contributed by atoms with E-state index >= 15 is 0 Å². The Kier molecular flexibility index (Phi) is 4.94. The Labute approximate surface area is 137 Å². The van der Waals surface area contributed by atoms with E-state index in [-0.39, 0.29) is 12.4 Å². The van der Waals surface area contributed by atoms with Crippen molar-refractivity contribution in [3.63, 3.8) is 0 Å². The highest BCUT2D eigenvalue weighted by Gasteiger charge is 2.33. The van der Waals surface area contributed by atoms with Gasteiger partial charge >= 0.3 is 5.97 Å². The number of rotatable bonds is 5. The zero-order chi connectivity index (χ0) is 16.2. The Balaban J connectivity index is 1.85. The Bertz CT molecular complexity index is 592. The molecule has 3 aliphatic rings. The average molecular weight is 315 g/mol. The van der Waals surface area contributed by atoms with Crippen LogP contribution < -0.4 is 0 Å². The summed E-state index contributed by atoms with van der Waals surface area (Å²) in [6, 6.07) is 6.35. The van der Waals surface area contributed by atoms with Crippen LogP contribution in [0, 0.1) is 12.8 Å². The summed E-state index contributed by atoms with van der Waals surface area (Å²) in [5.74, 6) is 0.509. The lowest BCUT2D eigenvalue weighted by atomic mass is 9.81. The molecular weight excluding hydrogens is 290 g/mol. The van der Waals surface area contributed by atoms with Gasteiger partial charge in [0.2, 0.25) is 0 Å². The Morgan fingerprint density at radius 1 is 1.35 bits per heavy atom. The van der Waals surface area contributed by atoms with Crippen LogP contribution in [0.25, 0.3) is 0 Å². The van der Waals surface area contributed by atoms with Gasteiger partial charge in [0.15, 0.2) is 0 Å². The molecule has 0 atom stereocenters. The van der Waals surface area contributed by atoms with Crippen molar-refractivity contribution in [2.24, 2.45) is 11.0 Å². The number of carbonyl (C=O) groups is 1. The molecule has 1 aromatic rings. The summed E-state index contributed by atoms with van der Waals surface area (Å²) >= 11 is 0. The number of esters is 1. The van der Waals surface area contributed by atoms with Crippen LogP contribution in [0.2, 0.25) is 0 Å². The van der Waals surface area contributed by atoms with Crippen LogP contribution in [0.1, 0.15) is 50.4 Å². The van der Waals surface area contributed by atoms with E-state index < -0.39 is 0 Å². The quantitative estimate of drug-likeness (QED) is 0.619. The highest BCUT2D eigenvalue weighted by molar-refractivity contribution is 6.08. The molecule has 0 spiro atoms. The van der Waals surface area contributed by atoms with Crippen molar-refractivity contribution < 1.29 is 9.53 Å². The SMILES string of the molecule is CCOC(=O)CC(=NN1CC2CCC1CC2)c1cccc(C)n1. The van der Waals surface area contributed by atoms with E-state index in [2.05, 4.69) is 9.99 Å². The minimum Gasteiger partial charge on any atom is -0.466 e. The minimum atomic E-state index is -0.239. The predicted octanol–water partition coefficient (Wildman–Crippen LogP) is 2.92. The number of carbonyl (C=O) groups excluding carboxylic acids is 1. The van der Waals surface area contributed by atoms with Gasteiger partial charge in [-0.15, -0.1) is 0 Å². The summed E-state index contributed by atoms with van der Waals surface area (Å²) in [6.07, 6.45) is 5.22. The first kappa shape index (κ1) is 16.0. The van der Waals surface area contributed by atoms with Crippen molar-refractivity contribution in [2.75, 3.05) is 13.2 Å². The summed E-state index contributed by atoms with van der Waals surface area (Å²) in [7, 11) is 0. The Hall–Kier alpha value is -1.91. The van der Waals surface area contributed by atoms with Gasteiger partial charge < -0.3 is 4.74 Å². The minimum absolute atomic E-state index is 0.179. The summed E-state index contributed by atoms with van der Waals surface area (Å²) in [4.78, 5) is 16.5. The molecule has 3 fully saturated rings. The standard InChI is InChI=1S/C18H25N3O2/c1-3-23-18(22)11-17(16-6-4-5-13(2)19-16)20-21-12-14-7-9-15(21)10-8-14/h4-6,14-15H,3,7-12H2,1-2H3. The molecule has 1 saturated carbocycles. The molecule has 1 aromatic heterocycles. The number of nitrogens with zero attached hydrogens (tertiary/aromatic N) is 3. The van der Waals surface area contributed by atoms with Crippen LogP contribution in [-0.4, -0.2) is 40.9 Å². The topological polar surface area (TPSA) is 54.8 Å². The summed E-state index contributed by atoms with van der Waals surface area (Å²) < 4.78 is 5.11. The Morgan fingerprint density at radius 2 is 2.13 bits per heavy atom. The molecule has 4 rings (SSSR count). The van der Waals surface area contributed by atoms with Gasteiger partial charge in [-0.2, -0.15) is 5.10 Å². The van der Waals surface area contributed by atoms with Gasteiger partial charge in [0, 0.05) is 18.3 Å². The normalized spacial score (nSPS) is 23.9. The lowest BCUT2D eigenvalue weighted by Gasteiger charge is -2.44. The smallest absolute Gasteiger partial charge is 0.312 e. The fourth-order valence-corrected chi connectivity index (χ4v) is 3.55. The van der Waals surface area contributed by atoms with Gasteiger partial charge in [-0.3, -0.25) is 14.8 Å². The van der Waals surface area contributed by atoms with Crippen molar-refractivity contribution >= 4 is 11.7 Å². The highest BCUT2D eigenvalue weighted by Crippen LogP contribution is 2.35. The number of aryl methyl sites for hydroxylation is 1. The molecule has 0 unspecified atom stereocenters. The number of hydrogen-bond acceptors (Lipinski definition) is 5. The van der Waals surface area contributed by atoms with E-state index in [0.29, 0.717) is 12.6 Å². The molecule has 3 heterocycles. The molecule has 5 heteroatoms. The first-order valence-corrected chi connectivity index (χ1v) is 8.59. The maximum Gasteiger partial charge on any atom is 0.312 e. The fraction of sp³-hybridized carbons (Fsp3) is 0.611. The second kappa shape index (κ2) is 7.11. The molecule has 2 saturated heterocycles. The van der Waals surface area contributed by atoms with E-state index in [1.54, 1.807) is 0 Å².